The quantitative estimate of drug-likeness (QED) is 0.677. The second-order valence-electron chi connectivity index (χ2n) is 4.26. The standard InChI is InChI=1S/C14H13BrN2O3/c1-9-5-6-13(10(7-9)8-16)20-14-11(15)3-2-4-12(14)17(18)19/h2-7H,8,16H2,1H3. The zero-order chi connectivity index (χ0) is 14.7. The fourth-order valence-corrected chi connectivity index (χ4v) is 2.26. The predicted octanol–water partition coefficient (Wildman–Crippen LogP) is 3.92. The van der Waals surface area contributed by atoms with Crippen LogP contribution in [0.25, 0.3) is 0 Å². The Bertz CT molecular complexity index is 659. The van der Waals surface area contributed by atoms with Crippen molar-refractivity contribution < 1.29 is 9.66 Å². The van der Waals surface area contributed by atoms with E-state index in [0.29, 0.717) is 16.8 Å². The number of nitrogens with two attached hydrogens (primary N) is 1. The predicted molar refractivity (Wildman–Crippen MR) is 79.9 cm³/mol. The SMILES string of the molecule is Cc1ccc(Oc2c(Br)cccc2[N+](=O)[O-])c(CN)c1. The van der Waals surface area contributed by atoms with Crippen LogP contribution in [0.5, 0.6) is 11.5 Å². The number of ether oxygens (including phenoxy) is 1. The molecule has 5 nitrogen and oxygen atoms in total. The lowest BCUT2D eigenvalue weighted by Gasteiger charge is -2.12. The molecule has 2 rings (SSSR count). The van der Waals surface area contributed by atoms with Gasteiger partial charge in [-0.1, -0.05) is 23.8 Å². The Morgan fingerprint density at radius 1 is 1.35 bits per heavy atom. The van der Waals surface area contributed by atoms with E-state index < -0.39 is 4.92 Å². The van der Waals surface area contributed by atoms with Gasteiger partial charge in [-0.25, -0.2) is 0 Å². The van der Waals surface area contributed by atoms with E-state index in [2.05, 4.69) is 15.9 Å². The van der Waals surface area contributed by atoms with Crippen LogP contribution in [0.2, 0.25) is 0 Å². The van der Waals surface area contributed by atoms with Crippen LogP contribution in [-0.2, 0) is 6.54 Å². The van der Waals surface area contributed by atoms with Crippen LogP contribution in [-0.4, -0.2) is 4.92 Å². The number of nitrogens with zero attached hydrogens (tertiary/aromatic N) is 1. The topological polar surface area (TPSA) is 78.4 Å². The van der Waals surface area contributed by atoms with Gasteiger partial charge in [-0.3, -0.25) is 10.1 Å². The molecule has 104 valence electrons. The van der Waals surface area contributed by atoms with Crippen LogP contribution in [0.15, 0.2) is 40.9 Å². The van der Waals surface area contributed by atoms with E-state index in [1.807, 2.05) is 19.1 Å². The number of para-hydroxylation sites is 1. The molecule has 20 heavy (non-hydrogen) atoms. The second kappa shape index (κ2) is 6.02. The number of aryl methyl sites for hydroxylation is 1. The highest BCUT2D eigenvalue weighted by Crippen LogP contribution is 2.38. The third-order valence-corrected chi connectivity index (χ3v) is 3.42. The van der Waals surface area contributed by atoms with E-state index in [-0.39, 0.29) is 11.4 Å². The number of hydrogen-bond acceptors (Lipinski definition) is 4. The molecule has 0 fully saturated rings. The van der Waals surface area contributed by atoms with Gasteiger partial charge >= 0.3 is 5.69 Å². The number of hydrogen-bond donors (Lipinski definition) is 1. The van der Waals surface area contributed by atoms with E-state index >= 15 is 0 Å². The molecular formula is C14H13BrN2O3. The van der Waals surface area contributed by atoms with Gasteiger partial charge in [0.1, 0.15) is 5.75 Å². The molecule has 0 aliphatic carbocycles. The van der Waals surface area contributed by atoms with Crippen molar-refractivity contribution in [3.8, 4) is 11.5 Å². The molecule has 2 aromatic carbocycles. The molecule has 0 saturated heterocycles. The minimum Gasteiger partial charge on any atom is -0.449 e. The zero-order valence-electron chi connectivity index (χ0n) is 10.8. The molecule has 0 atom stereocenters. The van der Waals surface area contributed by atoms with Gasteiger partial charge in [-0.15, -0.1) is 0 Å². The third kappa shape index (κ3) is 2.97. The highest BCUT2D eigenvalue weighted by molar-refractivity contribution is 9.10. The molecule has 2 N–H and O–H groups in total. The number of nitro benzene ring substituents is 1. The summed E-state index contributed by atoms with van der Waals surface area (Å²) in [6.45, 7) is 2.25. The number of benzene rings is 2. The van der Waals surface area contributed by atoms with Crippen molar-refractivity contribution >= 4 is 21.6 Å². The maximum absolute atomic E-state index is 11.1. The number of nitro groups is 1. The van der Waals surface area contributed by atoms with Crippen molar-refractivity contribution in [2.24, 2.45) is 5.73 Å². The first-order valence-electron chi connectivity index (χ1n) is 5.93. The average Bonchev–Trinajstić information content (AvgIpc) is 2.42. The van der Waals surface area contributed by atoms with E-state index in [0.717, 1.165) is 11.1 Å². The van der Waals surface area contributed by atoms with Gasteiger partial charge in [0, 0.05) is 18.2 Å². The Balaban J connectivity index is 2.47. The van der Waals surface area contributed by atoms with Gasteiger partial charge in [-0.2, -0.15) is 0 Å². The molecule has 2 aromatic rings. The lowest BCUT2D eigenvalue weighted by molar-refractivity contribution is -0.385. The average molecular weight is 337 g/mol. The van der Waals surface area contributed by atoms with Crippen LogP contribution in [0.1, 0.15) is 11.1 Å². The summed E-state index contributed by atoms with van der Waals surface area (Å²) in [5.74, 6) is 0.698. The lowest BCUT2D eigenvalue weighted by atomic mass is 10.1. The van der Waals surface area contributed by atoms with Gasteiger partial charge in [-0.05, 0) is 35.0 Å². The van der Waals surface area contributed by atoms with E-state index in [9.17, 15) is 10.1 Å². The summed E-state index contributed by atoms with van der Waals surface area (Å²) in [5.41, 5.74) is 7.44. The Morgan fingerprint density at radius 3 is 2.75 bits per heavy atom. The van der Waals surface area contributed by atoms with Crippen molar-refractivity contribution in [3.05, 3.63) is 62.1 Å². The molecule has 0 heterocycles. The van der Waals surface area contributed by atoms with Crippen LogP contribution < -0.4 is 10.5 Å². The Hall–Kier alpha value is -1.92. The largest absolute Gasteiger partial charge is 0.449 e. The van der Waals surface area contributed by atoms with Crippen molar-refractivity contribution in [1.29, 1.82) is 0 Å². The molecule has 0 bridgehead atoms. The van der Waals surface area contributed by atoms with Gasteiger partial charge in [0.2, 0.25) is 5.75 Å². The molecule has 0 spiro atoms. The summed E-state index contributed by atoms with van der Waals surface area (Å²) < 4.78 is 6.23. The molecule has 0 saturated carbocycles. The number of halogens is 1. The molecule has 0 aliphatic rings. The summed E-state index contributed by atoms with van der Waals surface area (Å²) in [6, 6.07) is 10.2. The summed E-state index contributed by atoms with van der Waals surface area (Å²) in [7, 11) is 0. The van der Waals surface area contributed by atoms with Crippen molar-refractivity contribution in [2.75, 3.05) is 0 Å². The summed E-state index contributed by atoms with van der Waals surface area (Å²) in [6.07, 6.45) is 0. The molecule has 0 unspecified atom stereocenters. The minimum atomic E-state index is -0.476. The third-order valence-electron chi connectivity index (χ3n) is 2.79. The molecular weight excluding hydrogens is 324 g/mol. The molecule has 0 radical (unpaired) electrons. The molecule has 0 amide bonds. The van der Waals surface area contributed by atoms with E-state index in [1.165, 1.54) is 6.07 Å². The lowest BCUT2D eigenvalue weighted by Crippen LogP contribution is -2.01. The molecule has 6 heteroatoms. The normalized spacial score (nSPS) is 10.3. The van der Waals surface area contributed by atoms with Crippen LogP contribution in [0.4, 0.5) is 5.69 Å². The fourth-order valence-electron chi connectivity index (χ4n) is 1.82. The van der Waals surface area contributed by atoms with Gasteiger partial charge in [0.05, 0.1) is 9.40 Å². The maximum atomic E-state index is 11.1. The monoisotopic (exact) mass is 336 g/mol. The first-order chi connectivity index (χ1) is 9.52. The van der Waals surface area contributed by atoms with Crippen LogP contribution >= 0.6 is 15.9 Å². The molecule has 0 aromatic heterocycles. The van der Waals surface area contributed by atoms with Gasteiger partial charge < -0.3 is 10.5 Å². The fraction of sp³-hybridized carbons (Fsp3) is 0.143. The molecule has 0 aliphatic heterocycles. The zero-order valence-corrected chi connectivity index (χ0v) is 12.4. The number of rotatable bonds is 4. The first kappa shape index (κ1) is 14.5. The van der Waals surface area contributed by atoms with Gasteiger partial charge in [0.15, 0.2) is 0 Å². The second-order valence-corrected chi connectivity index (χ2v) is 5.12. The van der Waals surface area contributed by atoms with E-state index in [1.54, 1.807) is 18.2 Å². The summed E-state index contributed by atoms with van der Waals surface area (Å²) in [4.78, 5) is 10.6. The Kier molecular flexibility index (Phi) is 4.36. The highest BCUT2D eigenvalue weighted by Gasteiger charge is 2.19. The highest BCUT2D eigenvalue weighted by atomic mass is 79.9. The summed E-state index contributed by atoms with van der Waals surface area (Å²) in [5, 5.41) is 11.1. The van der Waals surface area contributed by atoms with Crippen LogP contribution in [0, 0.1) is 17.0 Å². The Morgan fingerprint density at radius 2 is 2.10 bits per heavy atom. The Labute approximate surface area is 124 Å². The minimum absolute atomic E-state index is 0.0945. The smallest absolute Gasteiger partial charge is 0.312 e. The maximum Gasteiger partial charge on any atom is 0.312 e. The van der Waals surface area contributed by atoms with Crippen molar-refractivity contribution in [3.63, 3.8) is 0 Å². The van der Waals surface area contributed by atoms with Crippen LogP contribution in [0.3, 0.4) is 0 Å². The first-order valence-corrected chi connectivity index (χ1v) is 6.72. The van der Waals surface area contributed by atoms with E-state index in [4.69, 9.17) is 10.5 Å². The van der Waals surface area contributed by atoms with Gasteiger partial charge in [0.25, 0.3) is 0 Å². The van der Waals surface area contributed by atoms with Crippen molar-refractivity contribution in [1.82, 2.24) is 0 Å². The van der Waals surface area contributed by atoms with Crippen molar-refractivity contribution in [2.45, 2.75) is 13.5 Å². The summed E-state index contributed by atoms with van der Waals surface area (Å²) >= 11 is 3.27.